The number of sulfone groups is 1. The summed E-state index contributed by atoms with van der Waals surface area (Å²) in [6, 6.07) is 5.34. The second-order valence-corrected chi connectivity index (χ2v) is 7.09. The van der Waals surface area contributed by atoms with Crippen LogP contribution in [0.25, 0.3) is 0 Å². The summed E-state index contributed by atoms with van der Waals surface area (Å²) in [4.78, 5) is 0. The zero-order chi connectivity index (χ0) is 14.6. The first-order valence-corrected chi connectivity index (χ1v) is 8.65. The minimum atomic E-state index is -3.05. The third kappa shape index (κ3) is 3.64. The first-order chi connectivity index (χ1) is 9.55. The Kier molecular flexibility index (Phi) is 4.88. The first kappa shape index (κ1) is 15.1. The lowest BCUT2D eigenvalue weighted by atomic mass is 10.1. The van der Waals surface area contributed by atoms with Crippen LogP contribution in [0.4, 0.5) is 0 Å². The molecule has 0 fully saturated rings. The summed E-state index contributed by atoms with van der Waals surface area (Å²) in [7, 11) is -1.28. The highest BCUT2D eigenvalue weighted by atomic mass is 32.2. The van der Waals surface area contributed by atoms with Crippen LogP contribution in [-0.2, 0) is 9.84 Å². The molecule has 0 saturated heterocycles. The van der Waals surface area contributed by atoms with Crippen LogP contribution in [0.5, 0.6) is 11.5 Å². The summed E-state index contributed by atoms with van der Waals surface area (Å²) in [6.45, 7) is 2.94. The lowest BCUT2D eigenvalue weighted by Gasteiger charge is -2.22. The third-order valence-electron chi connectivity index (χ3n) is 3.25. The van der Waals surface area contributed by atoms with Crippen LogP contribution >= 0.6 is 0 Å². The van der Waals surface area contributed by atoms with Crippen molar-refractivity contribution < 1.29 is 17.9 Å². The van der Waals surface area contributed by atoms with E-state index < -0.39 is 9.84 Å². The molecule has 0 spiro atoms. The van der Waals surface area contributed by atoms with Gasteiger partial charge in [0.25, 0.3) is 0 Å². The highest BCUT2D eigenvalue weighted by Crippen LogP contribution is 2.32. The molecule has 1 aliphatic heterocycles. The van der Waals surface area contributed by atoms with Crippen molar-refractivity contribution >= 4 is 9.84 Å². The van der Waals surface area contributed by atoms with Crippen LogP contribution in [0.3, 0.4) is 0 Å². The van der Waals surface area contributed by atoms with Crippen molar-refractivity contribution in [3.63, 3.8) is 0 Å². The van der Waals surface area contributed by atoms with Crippen molar-refractivity contribution in [2.24, 2.45) is 0 Å². The maximum atomic E-state index is 12.0. The van der Waals surface area contributed by atoms with E-state index in [1.165, 1.54) is 0 Å². The number of hydrogen-bond acceptors (Lipinski definition) is 5. The molecule has 6 heteroatoms. The average molecular weight is 299 g/mol. The van der Waals surface area contributed by atoms with Crippen molar-refractivity contribution in [2.45, 2.75) is 19.4 Å². The molecule has 1 aliphatic rings. The predicted octanol–water partition coefficient (Wildman–Crippen LogP) is 1.54. The monoisotopic (exact) mass is 299 g/mol. The highest BCUT2D eigenvalue weighted by Gasteiger charge is 2.21. The SMILES string of the molecule is CCCS(=O)(=O)CC(NC)c1ccc2c(c1)OCCO2. The van der Waals surface area contributed by atoms with E-state index in [0.717, 1.165) is 5.56 Å². The van der Waals surface area contributed by atoms with Crippen LogP contribution in [0.2, 0.25) is 0 Å². The van der Waals surface area contributed by atoms with Crippen molar-refractivity contribution in [3.8, 4) is 11.5 Å². The third-order valence-corrected chi connectivity index (χ3v) is 5.12. The maximum absolute atomic E-state index is 12.0. The summed E-state index contributed by atoms with van der Waals surface area (Å²) in [5.41, 5.74) is 0.899. The van der Waals surface area contributed by atoms with Gasteiger partial charge in [-0.25, -0.2) is 8.42 Å². The largest absolute Gasteiger partial charge is 0.486 e. The molecule has 1 unspecified atom stereocenters. The van der Waals surface area contributed by atoms with Gasteiger partial charge < -0.3 is 14.8 Å². The van der Waals surface area contributed by atoms with Crippen molar-refractivity contribution in [3.05, 3.63) is 23.8 Å². The van der Waals surface area contributed by atoms with Gasteiger partial charge in [-0.3, -0.25) is 0 Å². The van der Waals surface area contributed by atoms with Gasteiger partial charge in [0.05, 0.1) is 5.75 Å². The van der Waals surface area contributed by atoms with E-state index in [1.54, 1.807) is 7.05 Å². The second kappa shape index (κ2) is 6.45. The van der Waals surface area contributed by atoms with Crippen molar-refractivity contribution in [2.75, 3.05) is 31.8 Å². The Morgan fingerprint density at radius 3 is 2.60 bits per heavy atom. The zero-order valence-electron chi connectivity index (χ0n) is 11.9. The molecular weight excluding hydrogens is 278 g/mol. The lowest BCUT2D eigenvalue weighted by molar-refractivity contribution is 0.171. The molecule has 0 aliphatic carbocycles. The summed E-state index contributed by atoms with van der Waals surface area (Å²) in [5.74, 6) is 1.71. The van der Waals surface area contributed by atoms with E-state index >= 15 is 0 Å². The van der Waals surface area contributed by atoms with Crippen LogP contribution < -0.4 is 14.8 Å². The second-order valence-electron chi connectivity index (χ2n) is 4.86. The van der Waals surface area contributed by atoms with E-state index in [1.807, 2.05) is 25.1 Å². The standard InChI is InChI=1S/C14H21NO4S/c1-3-8-20(16,17)10-12(15-2)11-4-5-13-14(9-11)19-7-6-18-13/h4-5,9,12,15H,3,6-8,10H2,1-2H3. The van der Waals surface area contributed by atoms with Crippen molar-refractivity contribution in [1.29, 1.82) is 0 Å². The van der Waals surface area contributed by atoms with E-state index in [2.05, 4.69) is 5.32 Å². The van der Waals surface area contributed by atoms with Gasteiger partial charge in [-0.1, -0.05) is 13.0 Å². The number of hydrogen-bond donors (Lipinski definition) is 1. The van der Waals surface area contributed by atoms with Crippen molar-refractivity contribution in [1.82, 2.24) is 5.32 Å². The van der Waals surface area contributed by atoms with E-state index in [4.69, 9.17) is 9.47 Å². The molecule has 20 heavy (non-hydrogen) atoms. The Hall–Kier alpha value is -1.27. The van der Waals surface area contributed by atoms with E-state index in [0.29, 0.717) is 31.1 Å². The molecule has 2 rings (SSSR count). The Morgan fingerprint density at radius 2 is 1.95 bits per heavy atom. The Labute approximate surface area is 120 Å². The summed E-state index contributed by atoms with van der Waals surface area (Å²) >= 11 is 0. The van der Waals surface area contributed by atoms with E-state index in [9.17, 15) is 8.42 Å². The predicted molar refractivity (Wildman–Crippen MR) is 78.2 cm³/mol. The molecule has 0 aromatic heterocycles. The summed E-state index contributed by atoms with van der Waals surface area (Å²) < 4.78 is 34.9. The Bertz CT molecular complexity index is 556. The lowest BCUT2D eigenvalue weighted by Crippen LogP contribution is -2.27. The van der Waals surface area contributed by atoms with Gasteiger partial charge in [0.1, 0.15) is 13.2 Å². The Balaban J connectivity index is 2.19. The fourth-order valence-electron chi connectivity index (χ4n) is 2.27. The van der Waals surface area contributed by atoms with E-state index in [-0.39, 0.29) is 17.5 Å². The van der Waals surface area contributed by atoms with Crippen LogP contribution in [0.1, 0.15) is 24.9 Å². The number of rotatable bonds is 6. The molecule has 1 heterocycles. The zero-order valence-corrected chi connectivity index (χ0v) is 12.7. The molecule has 0 radical (unpaired) electrons. The highest BCUT2D eigenvalue weighted by molar-refractivity contribution is 7.91. The molecule has 1 atom stereocenters. The normalized spacial score (nSPS) is 15.9. The number of fused-ring (bicyclic) bond motifs is 1. The fourth-order valence-corrected chi connectivity index (χ4v) is 3.93. The number of benzene rings is 1. The topological polar surface area (TPSA) is 64.6 Å². The number of ether oxygens (including phenoxy) is 2. The molecule has 5 nitrogen and oxygen atoms in total. The number of nitrogens with one attached hydrogen (secondary N) is 1. The molecule has 1 aromatic carbocycles. The quantitative estimate of drug-likeness (QED) is 0.863. The van der Waals surface area contributed by atoms with Gasteiger partial charge in [0.2, 0.25) is 0 Å². The molecule has 0 saturated carbocycles. The Morgan fingerprint density at radius 1 is 1.25 bits per heavy atom. The smallest absolute Gasteiger partial charge is 0.161 e. The minimum absolute atomic E-state index is 0.0942. The maximum Gasteiger partial charge on any atom is 0.161 e. The average Bonchev–Trinajstić information content (AvgIpc) is 2.44. The molecule has 0 bridgehead atoms. The van der Waals surface area contributed by atoms with Gasteiger partial charge in [-0.15, -0.1) is 0 Å². The van der Waals surface area contributed by atoms with Crippen LogP contribution in [-0.4, -0.2) is 40.2 Å². The summed E-state index contributed by atoms with van der Waals surface area (Å²) in [5, 5.41) is 3.06. The fraction of sp³-hybridized carbons (Fsp3) is 0.571. The van der Waals surface area contributed by atoms with Gasteiger partial charge in [0.15, 0.2) is 21.3 Å². The van der Waals surface area contributed by atoms with Crippen LogP contribution in [0, 0.1) is 0 Å². The summed E-state index contributed by atoms with van der Waals surface area (Å²) in [6.07, 6.45) is 0.639. The van der Waals surface area contributed by atoms with Gasteiger partial charge in [-0.05, 0) is 31.2 Å². The molecule has 112 valence electrons. The van der Waals surface area contributed by atoms with Gasteiger partial charge in [0, 0.05) is 11.8 Å². The first-order valence-electron chi connectivity index (χ1n) is 6.83. The molecule has 1 aromatic rings. The molecular formula is C14H21NO4S. The van der Waals surface area contributed by atoms with Crippen LogP contribution in [0.15, 0.2) is 18.2 Å². The van der Waals surface area contributed by atoms with Gasteiger partial charge >= 0.3 is 0 Å². The minimum Gasteiger partial charge on any atom is -0.486 e. The van der Waals surface area contributed by atoms with Gasteiger partial charge in [-0.2, -0.15) is 0 Å². The molecule has 1 N–H and O–H groups in total. The molecule has 0 amide bonds.